The van der Waals surface area contributed by atoms with Crippen LogP contribution in [0, 0.1) is 0 Å². The first-order chi connectivity index (χ1) is 6.18. The summed E-state index contributed by atoms with van der Waals surface area (Å²) in [5.74, 6) is -0.0876. The average Bonchev–Trinajstić information content (AvgIpc) is 2.46. The van der Waals surface area contributed by atoms with Gasteiger partial charge in [0.05, 0.1) is 5.52 Å². The van der Waals surface area contributed by atoms with Gasteiger partial charge in [0, 0.05) is 24.6 Å². The smallest absolute Gasteiger partial charge is 0.180 e. The SMILES string of the molecule is CC(=O)c1n[nH]c2cc(Cl)ncc12. The van der Waals surface area contributed by atoms with Crippen LogP contribution in [0.15, 0.2) is 12.3 Å². The van der Waals surface area contributed by atoms with E-state index in [9.17, 15) is 4.79 Å². The lowest BCUT2D eigenvalue weighted by Crippen LogP contribution is -1.92. The summed E-state index contributed by atoms with van der Waals surface area (Å²) in [4.78, 5) is 14.9. The van der Waals surface area contributed by atoms with Gasteiger partial charge < -0.3 is 0 Å². The zero-order chi connectivity index (χ0) is 9.42. The number of ketones is 1. The van der Waals surface area contributed by atoms with Crippen molar-refractivity contribution >= 4 is 28.3 Å². The zero-order valence-electron chi connectivity index (χ0n) is 6.84. The van der Waals surface area contributed by atoms with Crippen molar-refractivity contribution in [2.75, 3.05) is 0 Å². The second-order valence-corrected chi connectivity index (χ2v) is 3.07. The first-order valence-electron chi connectivity index (χ1n) is 3.69. The van der Waals surface area contributed by atoms with Crippen molar-refractivity contribution in [1.82, 2.24) is 15.2 Å². The van der Waals surface area contributed by atoms with Gasteiger partial charge in [0.2, 0.25) is 0 Å². The summed E-state index contributed by atoms with van der Waals surface area (Å²) >= 11 is 5.66. The molecule has 0 fully saturated rings. The van der Waals surface area contributed by atoms with Crippen molar-refractivity contribution in [3.05, 3.63) is 23.1 Å². The number of hydrogen-bond donors (Lipinski definition) is 1. The van der Waals surface area contributed by atoms with Gasteiger partial charge in [0.15, 0.2) is 5.78 Å². The fraction of sp³-hybridized carbons (Fsp3) is 0.125. The number of aromatic nitrogens is 3. The summed E-state index contributed by atoms with van der Waals surface area (Å²) in [5.41, 5.74) is 1.13. The number of aromatic amines is 1. The Balaban J connectivity index is 2.76. The maximum absolute atomic E-state index is 11.1. The predicted octanol–water partition coefficient (Wildman–Crippen LogP) is 1.81. The van der Waals surface area contributed by atoms with Crippen LogP contribution in [0.3, 0.4) is 0 Å². The van der Waals surface area contributed by atoms with Crippen LogP contribution < -0.4 is 0 Å². The Labute approximate surface area is 78.9 Å². The largest absolute Gasteiger partial charge is 0.293 e. The Morgan fingerprint density at radius 3 is 3.08 bits per heavy atom. The molecule has 0 saturated carbocycles. The highest BCUT2D eigenvalue weighted by Gasteiger charge is 2.09. The predicted molar refractivity (Wildman–Crippen MR) is 48.9 cm³/mol. The molecule has 0 aliphatic heterocycles. The zero-order valence-corrected chi connectivity index (χ0v) is 7.59. The fourth-order valence-corrected chi connectivity index (χ4v) is 1.31. The van der Waals surface area contributed by atoms with Crippen LogP contribution in [-0.4, -0.2) is 21.0 Å². The highest BCUT2D eigenvalue weighted by Crippen LogP contribution is 2.17. The molecule has 0 bridgehead atoms. The van der Waals surface area contributed by atoms with Crippen LogP contribution in [0.4, 0.5) is 0 Å². The van der Waals surface area contributed by atoms with E-state index in [2.05, 4.69) is 15.2 Å². The Morgan fingerprint density at radius 1 is 1.62 bits per heavy atom. The number of hydrogen-bond acceptors (Lipinski definition) is 3. The molecular formula is C8H6ClN3O. The van der Waals surface area contributed by atoms with Gasteiger partial charge in [0.25, 0.3) is 0 Å². The van der Waals surface area contributed by atoms with Gasteiger partial charge in [-0.25, -0.2) is 4.98 Å². The molecule has 4 nitrogen and oxygen atoms in total. The van der Waals surface area contributed by atoms with Gasteiger partial charge in [-0.2, -0.15) is 5.10 Å². The Hall–Kier alpha value is -1.42. The molecule has 2 aromatic heterocycles. The van der Waals surface area contributed by atoms with Crippen molar-refractivity contribution in [3.8, 4) is 0 Å². The first kappa shape index (κ1) is 8.19. The van der Waals surface area contributed by atoms with E-state index in [0.717, 1.165) is 5.52 Å². The van der Waals surface area contributed by atoms with Crippen LogP contribution in [0.2, 0.25) is 5.15 Å². The number of Topliss-reactive ketones (excluding diaryl/α,β-unsaturated/α-hetero) is 1. The number of fused-ring (bicyclic) bond motifs is 1. The van der Waals surface area contributed by atoms with Crippen molar-refractivity contribution in [3.63, 3.8) is 0 Å². The molecule has 13 heavy (non-hydrogen) atoms. The third kappa shape index (κ3) is 1.29. The summed E-state index contributed by atoms with van der Waals surface area (Å²) in [7, 11) is 0. The molecule has 1 N–H and O–H groups in total. The van der Waals surface area contributed by atoms with Crippen molar-refractivity contribution in [2.24, 2.45) is 0 Å². The molecule has 66 valence electrons. The monoisotopic (exact) mass is 195 g/mol. The minimum absolute atomic E-state index is 0.0876. The molecule has 0 spiro atoms. The quantitative estimate of drug-likeness (QED) is 0.558. The minimum Gasteiger partial charge on any atom is -0.293 e. The molecule has 0 aromatic carbocycles. The van der Waals surface area contributed by atoms with E-state index in [1.165, 1.54) is 13.1 Å². The lowest BCUT2D eigenvalue weighted by molar-refractivity contribution is 0.101. The molecule has 0 unspecified atom stereocenters. The molecule has 5 heteroatoms. The topological polar surface area (TPSA) is 58.6 Å². The third-order valence-electron chi connectivity index (χ3n) is 1.75. The first-order valence-corrected chi connectivity index (χ1v) is 4.07. The molecule has 0 aliphatic carbocycles. The summed E-state index contributed by atoms with van der Waals surface area (Å²) in [6.45, 7) is 1.46. The molecule has 2 aromatic rings. The molecule has 0 aliphatic rings. The second-order valence-electron chi connectivity index (χ2n) is 2.68. The number of H-pyrrole nitrogens is 1. The van der Waals surface area contributed by atoms with Crippen LogP contribution in [-0.2, 0) is 0 Å². The number of nitrogens with zero attached hydrogens (tertiary/aromatic N) is 2. The molecule has 0 saturated heterocycles. The van der Waals surface area contributed by atoms with E-state index in [0.29, 0.717) is 16.2 Å². The van der Waals surface area contributed by atoms with E-state index in [1.54, 1.807) is 6.07 Å². The van der Waals surface area contributed by atoms with Crippen molar-refractivity contribution < 1.29 is 4.79 Å². The standard InChI is InChI=1S/C8H6ClN3O/c1-4(13)8-5-3-10-7(9)2-6(5)11-12-8/h2-3H,1H3,(H,11,12). The maximum atomic E-state index is 11.1. The molecule has 2 rings (SSSR count). The van der Waals surface area contributed by atoms with Gasteiger partial charge >= 0.3 is 0 Å². The number of nitrogens with one attached hydrogen (secondary N) is 1. The van der Waals surface area contributed by atoms with Gasteiger partial charge in [-0.05, 0) is 0 Å². The van der Waals surface area contributed by atoms with Crippen molar-refractivity contribution in [1.29, 1.82) is 0 Å². The molecule has 0 radical (unpaired) electrons. The van der Waals surface area contributed by atoms with Gasteiger partial charge in [0.1, 0.15) is 10.8 Å². The van der Waals surface area contributed by atoms with E-state index in [4.69, 9.17) is 11.6 Å². The Bertz CT molecular complexity index is 477. The van der Waals surface area contributed by atoms with E-state index in [1.807, 2.05) is 0 Å². The maximum Gasteiger partial charge on any atom is 0.180 e. The van der Waals surface area contributed by atoms with Crippen LogP contribution in [0.25, 0.3) is 10.9 Å². The van der Waals surface area contributed by atoms with Crippen LogP contribution in [0.1, 0.15) is 17.4 Å². The highest BCUT2D eigenvalue weighted by molar-refractivity contribution is 6.30. The molecular weight excluding hydrogens is 190 g/mol. The number of carbonyl (C=O) groups is 1. The molecule has 0 atom stereocenters. The Morgan fingerprint density at radius 2 is 2.38 bits per heavy atom. The average molecular weight is 196 g/mol. The lowest BCUT2D eigenvalue weighted by Gasteiger charge is -1.90. The summed E-state index contributed by atoms with van der Waals surface area (Å²) in [5, 5.41) is 7.66. The van der Waals surface area contributed by atoms with Gasteiger partial charge in [-0.1, -0.05) is 11.6 Å². The molecule has 0 amide bonds. The second kappa shape index (κ2) is 2.81. The summed E-state index contributed by atoms with van der Waals surface area (Å²) in [6.07, 6.45) is 1.54. The van der Waals surface area contributed by atoms with E-state index >= 15 is 0 Å². The molecule has 2 heterocycles. The number of rotatable bonds is 1. The van der Waals surface area contributed by atoms with Crippen LogP contribution in [0.5, 0.6) is 0 Å². The lowest BCUT2D eigenvalue weighted by atomic mass is 10.2. The number of carbonyl (C=O) groups excluding carboxylic acids is 1. The number of pyridine rings is 1. The van der Waals surface area contributed by atoms with Crippen LogP contribution >= 0.6 is 11.6 Å². The normalized spacial score (nSPS) is 10.6. The Kier molecular flexibility index (Phi) is 1.77. The van der Waals surface area contributed by atoms with Crippen molar-refractivity contribution in [2.45, 2.75) is 6.92 Å². The fourth-order valence-electron chi connectivity index (χ4n) is 1.16. The highest BCUT2D eigenvalue weighted by atomic mass is 35.5. The minimum atomic E-state index is -0.0876. The summed E-state index contributed by atoms with van der Waals surface area (Å²) < 4.78 is 0. The van der Waals surface area contributed by atoms with Gasteiger partial charge in [-0.15, -0.1) is 0 Å². The summed E-state index contributed by atoms with van der Waals surface area (Å²) in [6, 6.07) is 1.64. The number of halogens is 1. The van der Waals surface area contributed by atoms with E-state index < -0.39 is 0 Å². The van der Waals surface area contributed by atoms with E-state index in [-0.39, 0.29) is 5.78 Å². The third-order valence-corrected chi connectivity index (χ3v) is 1.95. The van der Waals surface area contributed by atoms with Gasteiger partial charge in [-0.3, -0.25) is 9.89 Å².